The number of hydrogen-bond donors (Lipinski definition) is 1. The Bertz CT molecular complexity index is 1070. The fraction of sp³-hybridized carbons (Fsp3) is 0.545. The van der Waals surface area contributed by atoms with Gasteiger partial charge >= 0.3 is 0 Å². The van der Waals surface area contributed by atoms with Crippen LogP contribution in [0.5, 0.6) is 11.5 Å². The highest BCUT2D eigenvalue weighted by Crippen LogP contribution is 2.35. The van der Waals surface area contributed by atoms with Gasteiger partial charge in [0, 0.05) is 18.4 Å². The van der Waals surface area contributed by atoms with Crippen LogP contribution in [0.15, 0.2) is 53.6 Å². The summed E-state index contributed by atoms with van der Waals surface area (Å²) in [6.07, 6.45) is 17.7. The molecule has 1 heterocycles. The highest BCUT2D eigenvalue weighted by atomic mass is 79.9. The summed E-state index contributed by atoms with van der Waals surface area (Å²) in [7, 11) is 0. The molecular weight excluding hydrogens is 620 g/mol. The number of rotatable bonds is 20. The number of thioether (sulfide) groups is 1. The fourth-order valence-corrected chi connectivity index (χ4v) is 5.78. The summed E-state index contributed by atoms with van der Waals surface area (Å²) >= 11 is 8.25. The van der Waals surface area contributed by atoms with Gasteiger partial charge in [0.05, 0.1) is 17.5 Å². The Hall–Kier alpha value is -1.83. The largest absolute Gasteiger partial charge is 0.488 e. The molecule has 0 unspecified atom stereocenters. The Labute approximate surface area is 267 Å². The Morgan fingerprint density at radius 1 is 0.902 bits per heavy atom. The smallest absolute Gasteiger partial charge is 0.262 e. The molecule has 3 rings (SSSR count). The van der Waals surface area contributed by atoms with Crippen molar-refractivity contribution in [3.8, 4) is 11.5 Å². The van der Waals surface area contributed by atoms with Crippen LogP contribution in [0, 0.1) is 0 Å². The zero-order valence-electron chi connectivity index (χ0n) is 24.8. The highest BCUT2D eigenvalue weighted by Gasteiger charge is 2.15. The molecule has 0 spiro atoms. The van der Waals surface area contributed by atoms with Crippen molar-refractivity contribution in [2.75, 3.05) is 24.4 Å². The number of hydrogen-bond acceptors (Lipinski definition) is 5. The number of carbonyl (C=O) groups excluding carboxylic acids is 1. The molecule has 0 bridgehead atoms. The van der Waals surface area contributed by atoms with Crippen LogP contribution in [-0.2, 0) is 11.3 Å². The summed E-state index contributed by atoms with van der Waals surface area (Å²) in [5.74, 6) is 1.70. The van der Waals surface area contributed by atoms with Gasteiger partial charge < -0.3 is 19.7 Å². The Morgan fingerprint density at radius 3 is 2.22 bits per heavy atom. The van der Waals surface area contributed by atoms with E-state index < -0.39 is 0 Å². The lowest BCUT2D eigenvalue weighted by Gasteiger charge is -2.18. The summed E-state index contributed by atoms with van der Waals surface area (Å²) in [5.41, 5.74) is 1.87. The lowest BCUT2D eigenvalue weighted by Crippen LogP contribution is -2.22. The molecule has 0 saturated carbocycles. The SMILES string of the molecule is Br.CCCCCCCCCCCCCCOc1c(Cl)cccc1OCC(=O)Nc1ccccc1CN1C=C(C)SC1. The zero-order valence-corrected chi connectivity index (χ0v) is 28.1. The molecule has 0 radical (unpaired) electrons. The maximum atomic E-state index is 12.8. The second-order valence-corrected chi connectivity index (χ2v) is 12.2. The molecule has 0 aliphatic carbocycles. The van der Waals surface area contributed by atoms with Crippen LogP contribution >= 0.6 is 40.3 Å². The number of unbranched alkanes of at least 4 members (excludes halogenated alkanes) is 11. The van der Waals surface area contributed by atoms with E-state index in [9.17, 15) is 4.79 Å². The van der Waals surface area contributed by atoms with Gasteiger partial charge in [-0.25, -0.2) is 0 Å². The summed E-state index contributed by atoms with van der Waals surface area (Å²) in [4.78, 5) is 16.3. The predicted molar refractivity (Wildman–Crippen MR) is 181 cm³/mol. The highest BCUT2D eigenvalue weighted by molar-refractivity contribution is 8.93. The molecule has 0 atom stereocenters. The van der Waals surface area contributed by atoms with Crippen LogP contribution in [0.25, 0.3) is 0 Å². The molecule has 5 nitrogen and oxygen atoms in total. The molecule has 228 valence electrons. The summed E-state index contributed by atoms with van der Waals surface area (Å²) in [6.45, 7) is 5.58. The van der Waals surface area contributed by atoms with Gasteiger partial charge in [-0.2, -0.15) is 0 Å². The molecule has 0 fully saturated rings. The summed E-state index contributed by atoms with van der Waals surface area (Å²) < 4.78 is 11.9. The van der Waals surface area contributed by atoms with Crippen molar-refractivity contribution in [2.45, 2.75) is 97.4 Å². The van der Waals surface area contributed by atoms with Crippen LogP contribution in [-0.4, -0.2) is 29.9 Å². The van der Waals surface area contributed by atoms with E-state index in [-0.39, 0.29) is 29.5 Å². The lowest BCUT2D eigenvalue weighted by atomic mass is 10.1. The number of carbonyl (C=O) groups is 1. The van der Waals surface area contributed by atoms with Gasteiger partial charge in [0.2, 0.25) is 0 Å². The number of ether oxygens (including phenoxy) is 2. The molecule has 41 heavy (non-hydrogen) atoms. The van der Waals surface area contributed by atoms with Gasteiger partial charge in [-0.05, 0) is 42.0 Å². The van der Waals surface area contributed by atoms with Crippen molar-refractivity contribution in [3.05, 3.63) is 64.2 Å². The van der Waals surface area contributed by atoms with Crippen molar-refractivity contribution < 1.29 is 14.3 Å². The molecular formula is C33H48BrClN2O3S. The zero-order chi connectivity index (χ0) is 28.4. The van der Waals surface area contributed by atoms with Crippen LogP contribution in [0.4, 0.5) is 5.69 Å². The molecule has 8 heteroatoms. The first-order valence-corrected chi connectivity index (χ1v) is 16.4. The van der Waals surface area contributed by atoms with Crippen molar-refractivity contribution >= 4 is 51.9 Å². The van der Waals surface area contributed by atoms with Crippen molar-refractivity contribution in [1.29, 1.82) is 0 Å². The number of nitrogens with one attached hydrogen (secondary N) is 1. The van der Waals surface area contributed by atoms with Gasteiger partial charge in [-0.1, -0.05) is 113 Å². The molecule has 1 aliphatic rings. The first-order chi connectivity index (χ1) is 19.6. The van der Waals surface area contributed by atoms with E-state index in [1.807, 2.05) is 42.1 Å². The summed E-state index contributed by atoms with van der Waals surface area (Å²) in [5, 5.41) is 3.50. The van der Waals surface area contributed by atoms with E-state index in [1.165, 1.54) is 69.1 Å². The average molecular weight is 668 g/mol. The first-order valence-electron chi connectivity index (χ1n) is 15.0. The van der Waals surface area contributed by atoms with E-state index in [0.717, 1.165) is 36.5 Å². The van der Waals surface area contributed by atoms with Crippen LogP contribution in [0.3, 0.4) is 0 Å². The van der Waals surface area contributed by atoms with E-state index in [4.69, 9.17) is 21.1 Å². The predicted octanol–water partition coefficient (Wildman–Crippen LogP) is 10.4. The monoisotopic (exact) mass is 666 g/mol. The fourth-order valence-electron chi connectivity index (χ4n) is 4.80. The Morgan fingerprint density at radius 2 is 1.56 bits per heavy atom. The van der Waals surface area contributed by atoms with Crippen LogP contribution in [0.2, 0.25) is 5.02 Å². The van der Waals surface area contributed by atoms with Crippen LogP contribution in [0.1, 0.15) is 96.5 Å². The topological polar surface area (TPSA) is 50.8 Å². The Balaban J connectivity index is 0.00000588. The number of para-hydroxylation sites is 2. The summed E-state index contributed by atoms with van der Waals surface area (Å²) in [6, 6.07) is 13.3. The van der Waals surface area contributed by atoms with Crippen molar-refractivity contribution in [3.63, 3.8) is 0 Å². The molecule has 2 aromatic rings. The molecule has 0 aromatic heterocycles. The average Bonchev–Trinajstić information content (AvgIpc) is 3.36. The second-order valence-electron chi connectivity index (χ2n) is 10.6. The second kappa shape index (κ2) is 21.0. The minimum absolute atomic E-state index is 0. The third-order valence-electron chi connectivity index (χ3n) is 7.02. The Kier molecular flexibility index (Phi) is 18.1. The first kappa shape index (κ1) is 35.4. The minimum atomic E-state index is -0.221. The van der Waals surface area contributed by atoms with Crippen molar-refractivity contribution in [2.24, 2.45) is 0 Å². The van der Waals surface area contributed by atoms with Gasteiger partial charge in [0.1, 0.15) is 0 Å². The third kappa shape index (κ3) is 13.8. The number of benzene rings is 2. The molecule has 2 aromatic carbocycles. The van der Waals surface area contributed by atoms with E-state index in [0.29, 0.717) is 23.1 Å². The normalized spacial score (nSPS) is 12.6. The quantitative estimate of drug-likeness (QED) is 0.142. The minimum Gasteiger partial charge on any atom is -0.488 e. The lowest BCUT2D eigenvalue weighted by molar-refractivity contribution is -0.118. The molecule has 1 N–H and O–H groups in total. The number of nitrogens with zero attached hydrogens (tertiary/aromatic N) is 1. The maximum absolute atomic E-state index is 12.8. The van der Waals surface area contributed by atoms with Crippen molar-refractivity contribution in [1.82, 2.24) is 4.90 Å². The molecule has 1 aliphatic heterocycles. The molecule has 0 saturated heterocycles. The number of allylic oxidation sites excluding steroid dienone is 1. The van der Waals surface area contributed by atoms with Gasteiger partial charge in [-0.3, -0.25) is 4.79 Å². The van der Waals surface area contributed by atoms with E-state index in [2.05, 4.69) is 30.3 Å². The third-order valence-corrected chi connectivity index (χ3v) is 8.34. The van der Waals surface area contributed by atoms with Gasteiger partial charge in [0.15, 0.2) is 18.1 Å². The van der Waals surface area contributed by atoms with Gasteiger partial charge in [-0.15, -0.1) is 28.7 Å². The van der Waals surface area contributed by atoms with E-state index >= 15 is 0 Å². The number of anilines is 1. The maximum Gasteiger partial charge on any atom is 0.262 e. The number of amides is 1. The standard InChI is InChI=1S/C33H47ClN2O3S.BrH/c1-3-4-5-6-7-8-9-10-11-12-13-16-22-38-33-29(34)19-17-21-31(33)39-25-32(37)35-30-20-15-14-18-28(30)24-36-23-27(2)40-26-36;/h14-15,17-21,23H,3-13,16,22,24-26H2,1-2H3,(H,35,37);1H. The number of halogens is 2. The van der Waals surface area contributed by atoms with Crippen LogP contribution < -0.4 is 14.8 Å². The van der Waals surface area contributed by atoms with E-state index in [1.54, 1.807) is 12.1 Å². The van der Waals surface area contributed by atoms with Gasteiger partial charge in [0.25, 0.3) is 5.91 Å². The molecule has 1 amide bonds.